The highest BCUT2D eigenvalue weighted by Crippen LogP contribution is 2.46. The monoisotopic (exact) mass is 652 g/mol. The fourth-order valence-corrected chi connectivity index (χ4v) is 7.70. The van der Waals surface area contributed by atoms with E-state index in [0.29, 0.717) is 0 Å². The first-order valence-corrected chi connectivity index (χ1v) is 17.4. The van der Waals surface area contributed by atoms with Gasteiger partial charge in [-0.05, 0) is 89.5 Å². The predicted molar refractivity (Wildman–Crippen MR) is 214 cm³/mol. The van der Waals surface area contributed by atoms with Crippen molar-refractivity contribution in [3.8, 4) is 27.9 Å². The minimum Gasteiger partial charge on any atom is -0.456 e. The molecule has 51 heavy (non-hydrogen) atoms. The van der Waals surface area contributed by atoms with Crippen molar-refractivity contribution in [1.29, 1.82) is 0 Å². The van der Waals surface area contributed by atoms with Crippen molar-refractivity contribution in [2.24, 2.45) is 0 Å². The van der Waals surface area contributed by atoms with E-state index < -0.39 is 0 Å². The number of hydrogen-bond acceptors (Lipinski definition) is 2. The molecule has 0 radical (unpaired) electrons. The molecule has 0 amide bonds. The van der Waals surface area contributed by atoms with Gasteiger partial charge < -0.3 is 13.9 Å². The van der Waals surface area contributed by atoms with Crippen molar-refractivity contribution < 1.29 is 4.42 Å². The quantitative estimate of drug-likeness (QED) is 0.178. The summed E-state index contributed by atoms with van der Waals surface area (Å²) < 4.78 is 8.93. The van der Waals surface area contributed by atoms with Gasteiger partial charge in [-0.15, -0.1) is 0 Å². The average molecular weight is 653 g/mol. The first kappa shape index (κ1) is 29.1. The van der Waals surface area contributed by atoms with Gasteiger partial charge in [0.05, 0.1) is 27.8 Å². The highest BCUT2D eigenvalue weighted by Gasteiger charge is 2.22. The highest BCUT2D eigenvalue weighted by atomic mass is 16.3. The predicted octanol–water partition coefficient (Wildman–Crippen LogP) is 13.5. The molecular weight excluding hydrogens is 621 g/mol. The fourth-order valence-electron chi connectivity index (χ4n) is 7.70. The molecule has 240 valence electrons. The van der Waals surface area contributed by atoms with Crippen LogP contribution in [0.4, 0.5) is 17.1 Å². The van der Waals surface area contributed by atoms with Crippen molar-refractivity contribution in [3.63, 3.8) is 0 Å². The maximum absolute atomic E-state index is 6.57. The van der Waals surface area contributed by atoms with Crippen LogP contribution >= 0.6 is 0 Å². The molecule has 0 saturated heterocycles. The van der Waals surface area contributed by atoms with Crippen molar-refractivity contribution in [2.45, 2.75) is 0 Å². The van der Waals surface area contributed by atoms with Crippen LogP contribution in [-0.2, 0) is 0 Å². The fraction of sp³-hybridized carbons (Fsp3) is 0. The molecule has 0 bridgehead atoms. The van der Waals surface area contributed by atoms with E-state index in [4.69, 9.17) is 4.42 Å². The lowest BCUT2D eigenvalue weighted by Gasteiger charge is -2.28. The van der Waals surface area contributed by atoms with E-state index in [0.717, 1.165) is 55.8 Å². The van der Waals surface area contributed by atoms with Gasteiger partial charge in [-0.3, -0.25) is 0 Å². The van der Waals surface area contributed by atoms with Crippen LogP contribution < -0.4 is 4.90 Å². The van der Waals surface area contributed by atoms with E-state index in [1.165, 1.54) is 32.9 Å². The van der Waals surface area contributed by atoms with Crippen LogP contribution in [0.3, 0.4) is 0 Å². The molecule has 8 aromatic carbocycles. The van der Waals surface area contributed by atoms with E-state index in [9.17, 15) is 0 Å². The van der Waals surface area contributed by atoms with Crippen molar-refractivity contribution in [3.05, 3.63) is 194 Å². The Kier molecular flexibility index (Phi) is 6.81. The number of fused-ring (bicyclic) bond motifs is 6. The number of para-hydroxylation sites is 4. The van der Waals surface area contributed by atoms with Crippen LogP contribution in [0.5, 0.6) is 0 Å². The van der Waals surface area contributed by atoms with Crippen LogP contribution in [0.1, 0.15) is 0 Å². The number of rotatable bonds is 6. The van der Waals surface area contributed by atoms with Gasteiger partial charge in [0.1, 0.15) is 11.2 Å². The van der Waals surface area contributed by atoms with Crippen molar-refractivity contribution in [1.82, 2.24) is 4.57 Å². The van der Waals surface area contributed by atoms with Gasteiger partial charge in [-0.25, -0.2) is 0 Å². The second-order valence-electron chi connectivity index (χ2n) is 12.9. The summed E-state index contributed by atoms with van der Waals surface area (Å²) in [5.74, 6) is 0. The third-order valence-electron chi connectivity index (χ3n) is 9.98. The topological polar surface area (TPSA) is 21.3 Å². The molecular formula is C48H32N2O. The summed E-state index contributed by atoms with van der Waals surface area (Å²) in [7, 11) is 0. The average Bonchev–Trinajstić information content (AvgIpc) is 3.75. The zero-order valence-electron chi connectivity index (χ0n) is 27.8. The Morgan fingerprint density at radius 1 is 0.392 bits per heavy atom. The summed E-state index contributed by atoms with van der Waals surface area (Å²) in [4.78, 5) is 2.37. The molecule has 3 heteroatoms. The molecule has 0 aliphatic rings. The van der Waals surface area contributed by atoms with Gasteiger partial charge in [0, 0.05) is 33.1 Å². The molecule has 3 nitrogen and oxygen atoms in total. The summed E-state index contributed by atoms with van der Waals surface area (Å²) in [6, 6.07) is 69.0. The van der Waals surface area contributed by atoms with Gasteiger partial charge in [0.2, 0.25) is 0 Å². The number of nitrogens with zero attached hydrogens (tertiary/aromatic N) is 2. The number of aromatic nitrogens is 1. The summed E-state index contributed by atoms with van der Waals surface area (Å²) >= 11 is 0. The van der Waals surface area contributed by atoms with Crippen molar-refractivity contribution in [2.75, 3.05) is 4.90 Å². The minimum absolute atomic E-state index is 0.860. The second-order valence-corrected chi connectivity index (χ2v) is 12.9. The van der Waals surface area contributed by atoms with Crippen LogP contribution in [0, 0.1) is 0 Å². The van der Waals surface area contributed by atoms with E-state index in [-0.39, 0.29) is 0 Å². The summed E-state index contributed by atoms with van der Waals surface area (Å²) in [6.45, 7) is 0. The normalized spacial score (nSPS) is 11.5. The van der Waals surface area contributed by atoms with Gasteiger partial charge in [-0.1, -0.05) is 121 Å². The Bertz CT molecular complexity index is 2850. The molecule has 0 saturated carbocycles. The van der Waals surface area contributed by atoms with Gasteiger partial charge >= 0.3 is 0 Å². The molecule has 0 unspecified atom stereocenters. The Morgan fingerprint density at radius 2 is 1.02 bits per heavy atom. The van der Waals surface area contributed by atoms with E-state index in [1.54, 1.807) is 0 Å². The number of anilines is 3. The Hall–Kier alpha value is -6.84. The summed E-state index contributed by atoms with van der Waals surface area (Å²) in [5, 5.41) is 4.65. The highest BCUT2D eigenvalue weighted by molar-refractivity contribution is 6.15. The van der Waals surface area contributed by atoms with E-state index in [2.05, 4.69) is 204 Å². The molecule has 0 fully saturated rings. The third kappa shape index (κ3) is 4.82. The van der Waals surface area contributed by atoms with Crippen LogP contribution in [-0.4, -0.2) is 4.57 Å². The lowest BCUT2D eigenvalue weighted by Crippen LogP contribution is -2.11. The molecule has 10 rings (SSSR count). The smallest absolute Gasteiger partial charge is 0.137 e. The molecule has 0 atom stereocenters. The first-order valence-electron chi connectivity index (χ1n) is 17.4. The molecule has 0 spiro atoms. The lowest BCUT2D eigenvalue weighted by molar-refractivity contribution is 0.669. The third-order valence-corrected chi connectivity index (χ3v) is 9.98. The molecule has 10 aromatic rings. The maximum atomic E-state index is 6.57. The first-order chi connectivity index (χ1) is 25.3. The molecule has 2 heterocycles. The van der Waals surface area contributed by atoms with Gasteiger partial charge in [0.25, 0.3) is 0 Å². The maximum Gasteiger partial charge on any atom is 0.137 e. The molecule has 0 aliphatic carbocycles. The van der Waals surface area contributed by atoms with Gasteiger partial charge in [-0.2, -0.15) is 0 Å². The Labute approximate surface area is 295 Å². The number of hydrogen-bond donors (Lipinski definition) is 0. The zero-order valence-corrected chi connectivity index (χ0v) is 27.8. The number of benzene rings is 8. The summed E-state index contributed by atoms with van der Waals surface area (Å²) in [6.07, 6.45) is 0. The molecule has 2 aromatic heterocycles. The van der Waals surface area contributed by atoms with Crippen molar-refractivity contribution >= 4 is 60.8 Å². The SMILES string of the molecule is c1ccc(-c2ccccc2N(c2ccccc2)c2cccc3oc4ccc(-c5ccc6c(c5)c5ccccc5n6-c5ccccc5)cc4c23)cc1. The zero-order chi connectivity index (χ0) is 33.7. The molecule has 0 N–H and O–H groups in total. The van der Waals surface area contributed by atoms with Crippen LogP contribution in [0.15, 0.2) is 199 Å². The number of furan rings is 1. The minimum atomic E-state index is 0.860. The lowest BCUT2D eigenvalue weighted by atomic mass is 9.99. The van der Waals surface area contributed by atoms with Gasteiger partial charge in [0.15, 0.2) is 0 Å². The Balaban J connectivity index is 1.18. The van der Waals surface area contributed by atoms with E-state index >= 15 is 0 Å². The second kappa shape index (κ2) is 11.9. The van der Waals surface area contributed by atoms with Crippen LogP contribution in [0.25, 0.3) is 71.7 Å². The largest absolute Gasteiger partial charge is 0.456 e. The standard InChI is InChI=1S/C48H32N2O/c1-4-15-33(16-5-1)38-21-10-12-23-42(38)50(37-19-8-3-9-20-37)45-25-14-26-47-48(45)41-32-35(28-30-46(41)51-47)34-27-29-44-40(31-34)39-22-11-13-24-43(39)49(44)36-17-6-2-7-18-36/h1-32H. The Morgan fingerprint density at radius 3 is 1.84 bits per heavy atom. The molecule has 0 aliphatic heterocycles. The summed E-state index contributed by atoms with van der Waals surface area (Å²) in [5.41, 5.74) is 13.2. The van der Waals surface area contributed by atoms with E-state index in [1.807, 2.05) is 0 Å². The van der Waals surface area contributed by atoms with Crippen LogP contribution in [0.2, 0.25) is 0 Å².